The number of sulfonamides is 1. The van der Waals surface area contributed by atoms with E-state index in [2.05, 4.69) is 15.9 Å². The highest BCUT2D eigenvalue weighted by Crippen LogP contribution is 2.32. The highest BCUT2D eigenvalue weighted by atomic mass is 79.9. The summed E-state index contributed by atoms with van der Waals surface area (Å²) in [6.45, 7) is 0.342. The van der Waals surface area contributed by atoms with Crippen LogP contribution >= 0.6 is 15.9 Å². The van der Waals surface area contributed by atoms with Crippen molar-refractivity contribution in [2.24, 2.45) is 0 Å². The Hall–Kier alpha value is -2.11. The monoisotopic (exact) mass is 461 g/mol. The maximum atomic E-state index is 13.9. The van der Waals surface area contributed by atoms with Crippen LogP contribution in [-0.4, -0.2) is 43.8 Å². The van der Waals surface area contributed by atoms with Gasteiger partial charge >= 0.3 is 0 Å². The minimum atomic E-state index is -4.20. The van der Waals surface area contributed by atoms with Crippen molar-refractivity contribution >= 4 is 37.3 Å². The van der Waals surface area contributed by atoms with Gasteiger partial charge in [-0.2, -0.15) is 4.31 Å². The molecule has 1 aliphatic rings. The van der Waals surface area contributed by atoms with Crippen LogP contribution in [0, 0.1) is 21.7 Å². The molecule has 2 aromatic rings. The van der Waals surface area contributed by atoms with Crippen molar-refractivity contribution in [3.05, 3.63) is 62.6 Å². The zero-order chi connectivity index (χ0) is 19.8. The summed E-state index contributed by atoms with van der Waals surface area (Å²) in [5.41, 5.74) is 0.272. The average molecular weight is 462 g/mol. The molecule has 27 heavy (non-hydrogen) atoms. The average Bonchev–Trinajstić information content (AvgIpc) is 2.63. The molecule has 0 aromatic heterocycles. The summed E-state index contributed by atoms with van der Waals surface area (Å²) in [6.07, 6.45) is 0. The third kappa shape index (κ3) is 3.94. The molecule has 3 rings (SSSR count). The number of halogens is 3. The molecule has 0 radical (unpaired) electrons. The zero-order valence-corrected chi connectivity index (χ0v) is 16.2. The van der Waals surface area contributed by atoms with E-state index in [1.54, 1.807) is 17.0 Å². The van der Waals surface area contributed by atoms with Gasteiger partial charge < -0.3 is 4.90 Å². The molecule has 144 valence electrons. The molecule has 2 aromatic carbocycles. The van der Waals surface area contributed by atoms with Gasteiger partial charge in [0.1, 0.15) is 22.2 Å². The smallest absolute Gasteiger partial charge is 0.293 e. The molecule has 0 unspecified atom stereocenters. The van der Waals surface area contributed by atoms with Gasteiger partial charge in [0.15, 0.2) is 0 Å². The fraction of sp³-hybridized carbons (Fsp3) is 0.250. The lowest BCUT2D eigenvalue weighted by atomic mass is 10.2. The minimum absolute atomic E-state index is 0.00843. The lowest BCUT2D eigenvalue weighted by Gasteiger charge is -2.35. The van der Waals surface area contributed by atoms with E-state index in [0.29, 0.717) is 16.2 Å². The molecule has 0 saturated carbocycles. The molecule has 0 atom stereocenters. The van der Waals surface area contributed by atoms with Gasteiger partial charge in [-0.1, -0.05) is 15.9 Å². The molecule has 0 spiro atoms. The van der Waals surface area contributed by atoms with Crippen molar-refractivity contribution in [2.45, 2.75) is 4.90 Å². The Morgan fingerprint density at radius 3 is 2.33 bits per heavy atom. The first-order valence-corrected chi connectivity index (χ1v) is 10.1. The summed E-state index contributed by atoms with van der Waals surface area (Å²) in [6, 6.07) is 6.88. The molecule has 1 saturated heterocycles. The van der Waals surface area contributed by atoms with Crippen molar-refractivity contribution in [3.63, 3.8) is 0 Å². The lowest BCUT2D eigenvalue weighted by Crippen LogP contribution is -2.49. The third-order valence-corrected chi connectivity index (χ3v) is 6.63. The van der Waals surface area contributed by atoms with E-state index in [0.717, 1.165) is 16.4 Å². The molecule has 0 N–H and O–H groups in total. The Morgan fingerprint density at radius 1 is 1.04 bits per heavy atom. The Morgan fingerprint density at radius 2 is 1.70 bits per heavy atom. The second-order valence-corrected chi connectivity index (χ2v) is 8.68. The number of anilines is 1. The highest BCUT2D eigenvalue weighted by molar-refractivity contribution is 9.10. The number of nitro groups is 1. The number of benzene rings is 2. The van der Waals surface area contributed by atoms with E-state index in [4.69, 9.17) is 0 Å². The van der Waals surface area contributed by atoms with Crippen molar-refractivity contribution < 1.29 is 22.1 Å². The second-order valence-electron chi connectivity index (χ2n) is 5.86. The van der Waals surface area contributed by atoms with Gasteiger partial charge in [-0.25, -0.2) is 17.2 Å². The van der Waals surface area contributed by atoms with E-state index >= 15 is 0 Å². The van der Waals surface area contributed by atoms with Crippen LogP contribution in [0.3, 0.4) is 0 Å². The topological polar surface area (TPSA) is 83.8 Å². The fourth-order valence-electron chi connectivity index (χ4n) is 2.89. The summed E-state index contributed by atoms with van der Waals surface area (Å²) in [7, 11) is -4.20. The van der Waals surface area contributed by atoms with Crippen LogP contribution in [0.2, 0.25) is 0 Å². The van der Waals surface area contributed by atoms with Crippen LogP contribution < -0.4 is 4.90 Å². The molecule has 1 heterocycles. The first-order chi connectivity index (χ1) is 12.7. The first-order valence-electron chi connectivity index (χ1n) is 7.84. The number of nitro benzene ring substituents is 1. The Balaban J connectivity index is 1.82. The summed E-state index contributed by atoms with van der Waals surface area (Å²) < 4.78 is 54.1. The number of hydrogen-bond donors (Lipinski definition) is 0. The standard InChI is InChI=1S/C16H14BrF2N3O4S/c17-11-1-4-14(15(9-11)22(23)24)20-5-7-21(8-6-20)27(25,26)16-10-12(18)2-3-13(16)19/h1-4,9-10H,5-8H2. The van der Waals surface area contributed by atoms with E-state index < -0.39 is 31.5 Å². The molecule has 0 bridgehead atoms. The predicted octanol–water partition coefficient (Wildman–Crippen LogP) is 3.15. The largest absolute Gasteiger partial charge is 0.363 e. The van der Waals surface area contributed by atoms with Crippen molar-refractivity contribution in [3.8, 4) is 0 Å². The van der Waals surface area contributed by atoms with Gasteiger partial charge in [-0.3, -0.25) is 10.1 Å². The van der Waals surface area contributed by atoms with Crippen LogP contribution in [0.5, 0.6) is 0 Å². The maximum absolute atomic E-state index is 13.9. The summed E-state index contributed by atoms with van der Waals surface area (Å²) in [5, 5.41) is 11.3. The summed E-state index contributed by atoms with van der Waals surface area (Å²) >= 11 is 3.19. The first kappa shape index (κ1) is 19.6. The number of rotatable bonds is 4. The summed E-state index contributed by atoms with van der Waals surface area (Å²) in [4.78, 5) is 11.7. The van der Waals surface area contributed by atoms with Gasteiger partial charge in [0, 0.05) is 36.7 Å². The van der Waals surface area contributed by atoms with Crippen LogP contribution in [0.1, 0.15) is 0 Å². The predicted molar refractivity (Wildman–Crippen MR) is 98.1 cm³/mol. The van der Waals surface area contributed by atoms with Gasteiger partial charge in [-0.15, -0.1) is 0 Å². The number of nitrogens with zero attached hydrogens (tertiary/aromatic N) is 3. The molecular formula is C16H14BrF2N3O4S. The van der Waals surface area contributed by atoms with Gasteiger partial charge in [0.25, 0.3) is 5.69 Å². The zero-order valence-electron chi connectivity index (χ0n) is 13.8. The normalized spacial score (nSPS) is 15.7. The second kappa shape index (κ2) is 7.49. The molecule has 11 heteroatoms. The quantitative estimate of drug-likeness (QED) is 0.515. The van der Waals surface area contributed by atoms with E-state index in [1.807, 2.05) is 0 Å². The van der Waals surface area contributed by atoms with Gasteiger partial charge in [0.05, 0.1) is 4.92 Å². The molecular weight excluding hydrogens is 448 g/mol. The van der Waals surface area contributed by atoms with Crippen LogP contribution in [0.15, 0.2) is 45.8 Å². The van der Waals surface area contributed by atoms with Crippen LogP contribution in [0.25, 0.3) is 0 Å². The molecule has 1 aliphatic heterocycles. The Bertz CT molecular complexity index is 995. The Labute approximate surface area is 162 Å². The third-order valence-electron chi connectivity index (χ3n) is 4.22. The van der Waals surface area contributed by atoms with Crippen molar-refractivity contribution in [2.75, 3.05) is 31.1 Å². The van der Waals surface area contributed by atoms with E-state index in [1.165, 1.54) is 6.07 Å². The molecule has 1 fully saturated rings. The highest BCUT2D eigenvalue weighted by Gasteiger charge is 2.32. The molecule has 7 nitrogen and oxygen atoms in total. The Kier molecular flexibility index (Phi) is 5.45. The SMILES string of the molecule is O=[N+]([O-])c1cc(Br)ccc1N1CCN(S(=O)(=O)c2cc(F)ccc2F)CC1. The van der Waals surface area contributed by atoms with E-state index in [-0.39, 0.29) is 31.9 Å². The van der Waals surface area contributed by atoms with Crippen molar-refractivity contribution in [1.82, 2.24) is 4.31 Å². The van der Waals surface area contributed by atoms with Crippen molar-refractivity contribution in [1.29, 1.82) is 0 Å². The number of hydrogen-bond acceptors (Lipinski definition) is 5. The summed E-state index contributed by atoms with van der Waals surface area (Å²) in [5.74, 6) is -1.87. The van der Waals surface area contributed by atoms with E-state index in [9.17, 15) is 27.3 Å². The maximum Gasteiger partial charge on any atom is 0.293 e. The van der Waals surface area contributed by atoms with Gasteiger partial charge in [0.2, 0.25) is 10.0 Å². The minimum Gasteiger partial charge on any atom is -0.363 e. The fourth-order valence-corrected chi connectivity index (χ4v) is 4.74. The van der Waals surface area contributed by atoms with Crippen LogP contribution in [-0.2, 0) is 10.0 Å². The lowest BCUT2D eigenvalue weighted by molar-refractivity contribution is -0.384. The molecule has 0 aliphatic carbocycles. The van der Waals surface area contributed by atoms with Gasteiger partial charge in [-0.05, 0) is 30.3 Å². The number of piperazine rings is 1. The molecule has 0 amide bonds. The van der Waals surface area contributed by atoms with Crippen LogP contribution in [0.4, 0.5) is 20.2 Å².